The van der Waals surface area contributed by atoms with E-state index in [1.807, 2.05) is 6.92 Å². The Hall–Kier alpha value is -1.24. The Bertz CT molecular complexity index is 544. The Morgan fingerprint density at radius 1 is 1.37 bits per heavy atom. The summed E-state index contributed by atoms with van der Waals surface area (Å²) in [4.78, 5) is 0.139. The molecule has 0 amide bonds. The summed E-state index contributed by atoms with van der Waals surface area (Å²) in [5.74, 6) is 0.651. The van der Waals surface area contributed by atoms with Gasteiger partial charge in [-0.05, 0) is 19.8 Å². The van der Waals surface area contributed by atoms with E-state index < -0.39 is 9.84 Å². The first-order chi connectivity index (χ1) is 8.95. The molecule has 1 aliphatic carbocycles. The second kappa shape index (κ2) is 5.40. The van der Waals surface area contributed by atoms with E-state index in [0.29, 0.717) is 12.4 Å². The average molecular weight is 286 g/mol. The maximum atomic E-state index is 11.9. The number of sulfone groups is 1. The second-order valence-electron chi connectivity index (χ2n) is 5.10. The van der Waals surface area contributed by atoms with E-state index >= 15 is 0 Å². The van der Waals surface area contributed by atoms with Crippen LogP contribution in [0.2, 0.25) is 0 Å². The number of hydrogen-bond acceptors (Lipinski definition) is 5. The van der Waals surface area contributed by atoms with Crippen molar-refractivity contribution in [1.82, 2.24) is 9.78 Å². The maximum absolute atomic E-state index is 11.9. The van der Waals surface area contributed by atoms with Gasteiger partial charge in [0.15, 0.2) is 20.6 Å². The van der Waals surface area contributed by atoms with Gasteiger partial charge in [-0.3, -0.25) is 0 Å². The summed E-state index contributed by atoms with van der Waals surface area (Å²) in [5.41, 5.74) is 6.03. The third-order valence-electron chi connectivity index (χ3n) is 3.54. The monoisotopic (exact) mass is 286 g/mol. The quantitative estimate of drug-likeness (QED) is 0.881. The topological polar surface area (TPSA) is 90.0 Å². The Kier molecular flexibility index (Phi) is 4.03. The summed E-state index contributed by atoms with van der Waals surface area (Å²) in [6, 6.07) is 0.224. The van der Waals surface area contributed by atoms with Crippen LogP contribution in [0, 0.1) is 0 Å². The summed E-state index contributed by atoms with van der Waals surface area (Å²) in [6.07, 6.45) is 6.73. The number of hydrogen-bond donors (Lipinski definition) is 2. The fourth-order valence-corrected chi connectivity index (χ4v) is 3.62. The van der Waals surface area contributed by atoms with Gasteiger partial charge in [0.25, 0.3) is 0 Å². The Balaban J connectivity index is 2.45. The molecule has 1 aromatic rings. The molecular formula is C12H22N4O2S. The summed E-state index contributed by atoms with van der Waals surface area (Å²) in [6.45, 7) is 2.52. The second-order valence-corrected chi connectivity index (χ2v) is 7.05. The zero-order valence-electron chi connectivity index (χ0n) is 11.5. The van der Waals surface area contributed by atoms with E-state index in [4.69, 9.17) is 5.73 Å². The lowest BCUT2D eigenvalue weighted by molar-refractivity contribution is 0.333. The molecule has 0 atom stereocenters. The third kappa shape index (κ3) is 2.86. The third-order valence-corrected chi connectivity index (χ3v) is 4.68. The molecule has 6 nitrogen and oxygen atoms in total. The molecule has 1 aromatic heterocycles. The van der Waals surface area contributed by atoms with Gasteiger partial charge in [0.1, 0.15) is 5.82 Å². The van der Waals surface area contributed by atoms with Gasteiger partial charge in [0.05, 0.1) is 6.04 Å². The first-order valence-corrected chi connectivity index (χ1v) is 8.66. The van der Waals surface area contributed by atoms with Crippen LogP contribution in [0.5, 0.6) is 0 Å². The zero-order chi connectivity index (χ0) is 14.0. The Morgan fingerprint density at radius 3 is 2.53 bits per heavy atom. The van der Waals surface area contributed by atoms with Crippen molar-refractivity contribution < 1.29 is 8.42 Å². The van der Waals surface area contributed by atoms with Gasteiger partial charge in [0.2, 0.25) is 0 Å². The highest BCUT2D eigenvalue weighted by atomic mass is 32.2. The predicted octanol–water partition coefficient (Wildman–Crippen LogP) is 1.81. The highest BCUT2D eigenvalue weighted by Gasteiger charge is 2.27. The van der Waals surface area contributed by atoms with Crippen LogP contribution in [0.3, 0.4) is 0 Å². The van der Waals surface area contributed by atoms with Crippen molar-refractivity contribution in [1.29, 1.82) is 0 Å². The molecule has 1 saturated carbocycles. The van der Waals surface area contributed by atoms with Gasteiger partial charge in [0, 0.05) is 12.8 Å². The molecule has 0 aliphatic heterocycles. The van der Waals surface area contributed by atoms with Crippen molar-refractivity contribution in [3.63, 3.8) is 0 Å². The van der Waals surface area contributed by atoms with Crippen molar-refractivity contribution in [3.8, 4) is 0 Å². The molecular weight excluding hydrogens is 264 g/mol. The number of nitrogen functional groups attached to an aromatic ring is 1. The number of nitrogens with two attached hydrogens (primary N) is 1. The van der Waals surface area contributed by atoms with Gasteiger partial charge in [-0.15, -0.1) is 0 Å². The molecule has 3 N–H and O–H groups in total. The van der Waals surface area contributed by atoms with E-state index in [0.717, 1.165) is 25.7 Å². The molecule has 0 bridgehead atoms. The number of aromatic nitrogens is 2. The first kappa shape index (κ1) is 14.2. The molecule has 0 spiro atoms. The van der Waals surface area contributed by atoms with Crippen LogP contribution in [-0.4, -0.2) is 31.0 Å². The summed E-state index contributed by atoms with van der Waals surface area (Å²) in [5, 5.41) is 7.38. The highest BCUT2D eigenvalue weighted by molar-refractivity contribution is 7.91. The van der Waals surface area contributed by atoms with Crippen molar-refractivity contribution in [3.05, 3.63) is 0 Å². The largest absolute Gasteiger partial charge is 0.383 e. The highest BCUT2D eigenvalue weighted by Crippen LogP contribution is 2.35. The maximum Gasteiger partial charge on any atom is 0.182 e. The van der Waals surface area contributed by atoms with Gasteiger partial charge < -0.3 is 11.1 Å². The van der Waals surface area contributed by atoms with Crippen LogP contribution in [0.15, 0.2) is 4.90 Å². The molecule has 19 heavy (non-hydrogen) atoms. The van der Waals surface area contributed by atoms with Crippen LogP contribution in [-0.2, 0) is 9.84 Å². The van der Waals surface area contributed by atoms with Crippen LogP contribution in [0.4, 0.5) is 11.6 Å². The first-order valence-electron chi connectivity index (χ1n) is 6.77. The van der Waals surface area contributed by atoms with Gasteiger partial charge in [-0.2, -0.15) is 5.10 Å². The Morgan fingerprint density at radius 2 is 2.00 bits per heavy atom. The number of nitrogens with one attached hydrogen (secondary N) is 1. The molecule has 1 fully saturated rings. The molecule has 0 aromatic carbocycles. The van der Waals surface area contributed by atoms with Crippen LogP contribution < -0.4 is 11.1 Å². The Labute approximate surface area is 114 Å². The van der Waals surface area contributed by atoms with Gasteiger partial charge in [-0.1, -0.05) is 19.3 Å². The summed E-state index contributed by atoms with van der Waals surface area (Å²) in [7, 11) is -3.38. The molecule has 1 aliphatic rings. The van der Waals surface area contributed by atoms with E-state index in [9.17, 15) is 8.42 Å². The normalized spacial score (nSPS) is 17.6. The smallest absolute Gasteiger partial charge is 0.182 e. The van der Waals surface area contributed by atoms with Crippen LogP contribution >= 0.6 is 0 Å². The summed E-state index contributed by atoms with van der Waals surface area (Å²) >= 11 is 0. The lowest BCUT2D eigenvalue weighted by Crippen LogP contribution is -2.16. The van der Waals surface area contributed by atoms with Gasteiger partial charge >= 0.3 is 0 Å². The van der Waals surface area contributed by atoms with Crippen molar-refractivity contribution in [2.75, 3.05) is 23.9 Å². The minimum Gasteiger partial charge on any atom is -0.383 e. The lowest BCUT2D eigenvalue weighted by Gasteiger charge is -2.22. The van der Waals surface area contributed by atoms with Gasteiger partial charge in [-0.25, -0.2) is 13.1 Å². The minimum atomic E-state index is -3.38. The standard InChI is InChI=1S/C12H22N4O2S/c1-3-14-12-10(19(2,17)18)11(13)16(15-12)9-7-5-4-6-8-9/h9H,3-8,13H2,1-2H3,(H,14,15). The molecule has 7 heteroatoms. The van der Waals surface area contributed by atoms with E-state index in [1.54, 1.807) is 4.68 Å². The zero-order valence-corrected chi connectivity index (χ0v) is 12.3. The number of nitrogens with zero attached hydrogens (tertiary/aromatic N) is 2. The SMILES string of the molecule is CCNc1nn(C2CCCCC2)c(N)c1S(C)(=O)=O. The molecule has 0 unspecified atom stereocenters. The molecule has 108 valence electrons. The molecule has 1 heterocycles. The molecule has 0 saturated heterocycles. The molecule has 2 rings (SSSR count). The molecule has 0 radical (unpaired) electrons. The van der Waals surface area contributed by atoms with E-state index in [1.165, 1.54) is 12.7 Å². The van der Waals surface area contributed by atoms with Crippen molar-refractivity contribution in [2.45, 2.75) is 50.0 Å². The fourth-order valence-electron chi connectivity index (χ4n) is 2.68. The lowest BCUT2D eigenvalue weighted by atomic mass is 9.96. The van der Waals surface area contributed by atoms with Crippen LogP contribution in [0.25, 0.3) is 0 Å². The van der Waals surface area contributed by atoms with E-state index in [2.05, 4.69) is 10.4 Å². The number of anilines is 2. The minimum absolute atomic E-state index is 0.139. The number of rotatable bonds is 4. The van der Waals surface area contributed by atoms with E-state index in [-0.39, 0.29) is 16.8 Å². The average Bonchev–Trinajstić information content (AvgIpc) is 2.67. The fraction of sp³-hybridized carbons (Fsp3) is 0.750. The summed E-state index contributed by atoms with van der Waals surface area (Å²) < 4.78 is 25.4. The predicted molar refractivity (Wildman–Crippen MR) is 76.0 cm³/mol. The van der Waals surface area contributed by atoms with Crippen molar-refractivity contribution >= 4 is 21.5 Å². The van der Waals surface area contributed by atoms with Crippen LogP contribution in [0.1, 0.15) is 45.1 Å². The van der Waals surface area contributed by atoms with Crippen molar-refractivity contribution in [2.24, 2.45) is 0 Å².